The number of aromatic nitrogens is 2. The summed E-state index contributed by atoms with van der Waals surface area (Å²) >= 11 is 0. The highest BCUT2D eigenvalue weighted by Gasteiger charge is 2.02. The molecule has 0 amide bonds. The Balaban J connectivity index is 1.99. The van der Waals surface area contributed by atoms with Gasteiger partial charge in [0.2, 0.25) is 0 Å². The Bertz CT molecular complexity index is 493. The normalized spacial score (nSPS) is 10.4. The number of rotatable bonds is 5. The molecule has 1 N–H and O–H groups in total. The minimum Gasteiger partial charge on any atom is -0.480 e. The van der Waals surface area contributed by atoms with Gasteiger partial charge in [0.15, 0.2) is 0 Å². The van der Waals surface area contributed by atoms with Crippen LogP contribution in [0.5, 0.6) is 0 Å². The summed E-state index contributed by atoms with van der Waals surface area (Å²) in [6.45, 7) is -0.0460. The third-order valence-electron chi connectivity index (χ3n) is 2.15. The molecule has 5 heteroatoms. The van der Waals surface area contributed by atoms with Crippen LogP contribution in [0.4, 0.5) is 0 Å². The van der Waals surface area contributed by atoms with Gasteiger partial charge in [-0.2, -0.15) is 5.10 Å². The highest BCUT2D eigenvalue weighted by Crippen LogP contribution is 2.08. The molecule has 1 aromatic carbocycles. The van der Waals surface area contributed by atoms with Crippen LogP contribution >= 0.6 is 0 Å². The summed E-state index contributed by atoms with van der Waals surface area (Å²) in [5, 5.41) is 12.6. The Morgan fingerprint density at radius 3 is 2.82 bits per heavy atom. The van der Waals surface area contributed by atoms with E-state index in [2.05, 4.69) is 5.10 Å². The molecular formula is C12H12N2O3. The zero-order valence-electron chi connectivity index (χ0n) is 9.11. The third kappa shape index (κ3) is 3.15. The fourth-order valence-corrected chi connectivity index (χ4v) is 1.41. The first-order chi connectivity index (χ1) is 8.25. The van der Waals surface area contributed by atoms with Gasteiger partial charge in [-0.15, -0.1) is 0 Å². The number of aliphatic carboxylic acids is 1. The molecule has 0 aliphatic rings. The molecule has 0 unspecified atom stereocenters. The van der Waals surface area contributed by atoms with Gasteiger partial charge in [0.25, 0.3) is 0 Å². The lowest BCUT2D eigenvalue weighted by Crippen LogP contribution is -2.06. The van der Waals surface area contributed by atoms with Crippen LogP contribution in [0.25, 0.3) is 5.69 Å². The Labute approximate surface area is 98.3 Å². The van der Waals surface area contributed by atoms with Crippen LogP contribution < -0.4 is 0 Å². The lowest BCUT2D eigenvalue weighted by molar-refractivity contribution is -0.142. The van der Waals surface area contributed by atoms with E-state index in [1.54, 1.807) is 10.9 Å². The number of hydrogen-bond donors (Lipinski definition) is 1. The van der Waals surface area contributed by atoms with Crippen molar-refractivity contribution in [1.29, 1.82) is 0 Å². The first-order valence-corrected chi connectivity index (χ1v) is 5.14. The van der Waals surface area contributed by atoms with Crippen LogP contribution in [0.2, 0.25) is 0 Å². The smallest absolute Gasteiger partial charge is 0.329 e. The molecule has 17 heavy (non-hydrogen) atoms. The van der Waals surface area contributed by atoms with E-state index in [0.29, 0.717) is 0 Å². The van der Waals surface area contributed by atoms with Gasteiger partial charge in [-0.05, 0) is 12.1 Å². The summed E-state index contributed by atoms with van der Waals surface area (Å²) in [5.74, 6) is -0.972. The van der Waals surface area contributed by atoms with E-state index in [9.17, 15) is 4.79 Å². The van der Waals surface area contributed by atoms with E-state index in [1.165, 1.54) is 0 Å². The monoisotopic (exact) mass is 232 g/mol. The minimum atomic E-state index is -0.972. The van der Waals surface area contributed by atoms with Crippen molar-refractivity contribution in [1.82, 2.24) is 9.78 Å². The molecule has 0 aliphatic heterocycles. The van der Waals surface area contributed by atoms with Crippen LogP contribution in [0.1, 0.15) is 5.56 Å². The van der Waals surface area contributed by atoms with Crippen molar-refractivity contribution < 1.29 is 14.6 Å². The summed E-state index contributed by atoms with van der Waals surface area (Å²) in [7, 11) is 0. The fourth-order valence-electron chi connectivity index (χ4n) is 1.41. The second-order valence-electron chi connectivity index (χ2n) is 3.52. The van der Waals surface area contributed by atoms with Crippen LogP contribution in [0.3, 0.4) is 0 Å². The fraction of sp³-hybridized carbons (Fsp3) is 0.167. The molecule has 0 saturated carbocycles. The number of carboxylic acids is 1. The molecule has 0 bridgehead atoms. The van der Waals surface area contributed by atoms with E-state index in [4.69, 9.17) is 9.84 Å². The van der Waals surface area contributed by atoms with Crippen molar-refractivity contribution in [3.63, 3.8) is 0 Å². The van der Waals surface area contributed by atoms with Gasteiger partial charge < -0.3 is 9.84 Å². The highest BCUT2D eigenvalue weighted by atomic mass is 16.5. The average Bonchev–Trinajstić information content (AvgIpc) is 2.78. The number of carbonyl (C=O) groups is 1. The molecule has 88 valence electrons. The van der Waals surface area contributed by atoms with Crippen molar-refractivity contribution in [3.05, 3.63) is 48.3 Å². The van der Waals surface area contributed by atoms with Crippen LogP contribution in [0.15, 0.2) is 42.7 Å². The van der Waals surface area contributed by atoms with Gasteiger partial charge in [0.1, 0.15) is 6.61 Å². The molecule has 0 fully saturated rings. The zero-order valence-corrected chi connectivity index (χ0v) is 9.11. The van der Waals surface area contributed by atoms with Crippen LogP contribution in [-0.4, -0.2) is 27.5 Å². The summed E-state index contributed by atoms with van der Waals surface area (Å²) < 4.78 is 6.70. The predicted molar refractivity (Wildman–Crippen MR) is 60.9 cm³/mol. The number of para-hydroxylation sites is 1. The van der Waals surface area contributed by atoms with Gasteiger partial charge in [-0.3, -0.25) is 0 Å². The Morgan fingerprint density at radius 2 is 2.12 bits per heavy atom. The van der Waals surface area contributed by atoms with Crippen LogP contribution in [0, 0.1) is 0 Å². The van der Waals surface area contributed by atoms with Crippen molar-refractivity contribution in [2.45, 2.75) is 6.61 Å². The number of hydrogen-bond acceptors (Lipinski definition) is 3. The van der Waals surface area contributed by atoms with E-state index < -0.39 is 5.97 Å². The average molecular weight is 232 g/mol. The molecule has 0 saturated heterocycles. The standard InChI is InChI=1S/C12H12N2O3/c15-12(16)9-17-8-10-6-13-14(7-10)11-4-2-1-3-5-11/h1-7H,8-9H2,(H,15,16). The summed E-state index contributed by atoms with van der Waals surface area (Å²) in [5.41, 5.74) is 1.80. The Morgan fingerprint density at radius 1 is 1.35 bits per heavy atom. The summed E-state index contributed by atoms with van der Waals surface area (Å²) in [4.78, 5) is 10.3. The quantitative estimate of drug-likeness (QED) is 0.847. The molecule has 0 aliphatic carbocycles. The van der Waals surface area contributed by atoms with Crippen LogP contribution in [-0.2, 0) is 16.1 Å². The molecule has 1 heterocycles. The minimum absolute atomic E-state index is 0.249. The van der Waals surface area contributed by atoms with Gasteiger partial charge in [0.05, 0.1) is 18.5 Å². The van der Waals surface area contributed by atoms with Crippen molar-refractivity contribution in [2.75, 3.05) is 6.61 Å². The molecule has 1 aromatic heterocycles. The first kappa shape index (κ1) is 11.3. The lowest BCUT2D eigenvalue weighted by atomic mass is 10.3. The predicted octanol–water partition coefficient (Wildman–Crippen LogP) is 1.47. The largest absolute Gasteiger partial charge is 0.480 e. The second kappa shape index (κ2) is 5.27. The maximum atomic E-state index is 10.3. The van der Waals surface area contributed by atoms with E-state index in [1.807, 2.05) is 36.5 Å². The zero-order chi connectivity index (χ0) is 12.1. The van der Waals surface area contributed by atoms with Gasteiger partial charge in [0, 0.05) is 11.8 Å². The molecule has 0 radical (unpaired) electrons. The van der Waals surface area contributed by atoms with E-state index in [0.717, 1.165) is 11.3 Å². The topological polar surface area (TPSA) is 64.3 Å². The van der Waals surface area contributed by atoms with Crippen molar-refractivity contribution in [2.24, 2.45) is 0 Å². The maximum Gasteiger partial charge on any atom is 0.329 e. The van der Waals surface area contributed by atoms with E-state index >= 15 is 0 Å². The summed E-state index contributed by atoms with van der Waals surface area (Å²) in [6.07, 6.45) is 3.48. The molecular weight excluding hydrogens is 220 g/mol. The third-order valence-corrected chi connectivity index (χ3v) is 2.15. The molecule has 2 aromatic rings. The van der Waals surface area contributed by atoms with Gasteiger partial charge in [-0.25, -0.2) is 9.48 Å². The van der Waals surface area contributed by atoms with Gasteiger partial charge >= 0.3 is 5.97 Å². The molecule has 5 nitrogen and oxygen atoms in total. The number of ether oxygens (including phenoxy) is 1. The summed E-state index contributed by atoms with van der Waals surface area (Å²) in [6, 6.07) is 9.67. The molecule has 0 spiro atoms. The van der Waals surface area contributed by atoms with E-state index in [-0.39, 0.29) is 13.2 Å². The molecule has 2 rings (SSSR count). The lowest BCUT2D eigenvalue weighted by Gasteiger charge is -1.99. The second-order valence-corrected chi connectivity index (χ2v) is 3.52. The molecule has 0 atom stereocenters. The highest BCUT2D eigenvalue weighted by molar-refractivity contribution is 5.67. The number of nitrogens with zero attached hydrogens (tertiary/aromatic N) is 2. The van der Waals surface area contributed by atoms with Crippen molar-refractivity contribution >= 4 is 5.97 Å². The van der Waals surface area contributed by atoms with Gasteiger partial charge in [-0.1, -0.05) is 18.2 Å². The SMILES string of the molecule is O=C(O)COCc1cnn(-c2ccccc2)c1. The maximum absolute atomic E-state index is 10.3. The first-order valence-electron chi connectivity index (χ1n) is 5.14. The number of benzene rings is 1. The Hall–Kier alpha value is -2.14. The Kier molecular flexibility index (Phi) is 3.52. The van der Waals surface area contributed by atoms with Crippen molar-refractivity contribution in [3.8, 4) is 5.69 Å². The number of carboxylic acid groups (broad SMARTS) is 1.